The second-order valence-electron chi connectivity index (χ2n) is 8.45. The summed E-state index contributed by atoms with van der Waals surface area (Å²) < 4.78 is 0. The van der Waals surface area contributed by atoms with Crippen LogP contribution in [0.5, 0.6) is 0 Å². The summed E-state index contributed by atoms with van der Waals surface area (Å²) in [5.41, 5.74) is 6.92. The number of piperidine rings is 2. The van der Waals surface area contributed by atoms with E-state index in [4.69, 9.17) is 5.73 Å². The zero-order valence-electron chi connectivity index (χ0n) is 17.5. The van der Waals surface area contributed by atoms with E-state index in [9.17, 15) is 14.4 Å². The van der Waals surface area contributed by atoms with Crippen LogP contribution in [0.4, 0.5) is 11.5 Å². The summed E-state index contributed by atoms with van der Waals surface area (Å²) in [6.07, 6.45) is 5.23. The zero-order valence-corrected chi connectivity index (χ0v) is 17.5. The first-order valence-electron chi connectivity index (χ1n) is 10.4. The number of hydrogen-bond donors (Lipinski definition) is 2. The minimum Gasteiger partial charge on any atom is -0.383 e. The molecule has 1 unspecified atom stereocenters. The monoisotopic (exact) mass is 401 g/mol. The van der Waals surface area contributed by atoms with Crippen LogP contribution in [0.25, 0.3) is 0 Å². The molecule has 3 heterocycles. The SMILES string of the molecule is CC(=O)N1CCCC([C@@H]2CC[C@@H](C)CN2C(=O)C(=O)Nc2cnc(N)c(C)c2)C1. The molecule has 3 N–H and O–H groups in total. The first kappa shape index (κ1) is 21.1. The number of likely N-dealkylation sites (tertiary alicyclic amines) is 2. The summed E-state index contributed by atoms with van der Waals surface area (Å²) in [5.74, 6) is -0.161. The van der Waals surface area contributed by atoms with Crippen molar-refractivity contribution in [2.75, 3.05) is 30.7 Å². The van der Waals surface area contributed by atoms with E-state index in [2.05, 4.69) is 17.2 Å². The van der Waals surface area contributed by atoms with Gasteiger partial charge in [0.1, 0.15) is 5.82 Å². The first-order chi connectivity index (χ1) is 13.8. The number of pyridine rings is 1. The fraction of sp³-hybridized carbons (Fsp3) is 0.619. The molecular weight excluding hydrogens is 370 g/mol. The summed E-state index contributed by atoms with van der Waals surface area (Å²) >= 11 is 0. The second kappa shape index (κ2) is 8.80. The van der Waals surface area contributed by atoms with E-state index in [0.717, 1.165) is 37.8 Å². The van der Waals surface area contributed by atoms with E-state index in [1.54, 1.807) is 24.8 Å². The number of carbonyl (C=O) groups excluding carboxylic acids is 3. The lowest BCUT2D eigenvalue weighted by molar-refractivity contribution is -0.148. The van der Waals surface area contributed by atoms with Crippen LogP contribution in [0, 0.1) is 18.8 Å². The fourth-order valence-electron chi connectivity index (χ4n) is 4.48. The molecule has 0 aromatic carbocycles. The number of rotatable bonds is 2. The van der Waals surface area contributed by atoms with Gasteiger partial charge in [0.05, 0.1) is 11.9 Å². The van der Waals surface area contributed by atoms with Gasteiger partial charge in [-0.05, 0) is 56.1 Å². The molecule has 2 saturated heterocycles. The van der Waals surface area contributed by atoms with Gasteiger partial charge in [-0.25, -0.2) is 4.98 Å². The van der Waals surface area contributed by atoms with Gasteiger partial charge in [0.25, 0.3) is 0 Å². The number of nitrogens with zero attached hydrogens (tertiary/aromatic N) is 3. The number of carbonyl (C=O) groups is 3. The molecule has 0 aliphatic carbocycles. The Hall–Kier alpha value is -2.64. The standard InChI is InChI=1S/C21H31N5O3/c1-13-6-7-18(16-5-4-8-25(12-16)15(3)27)26(11-13)21(29)20(28)24-17-9-14(2)19(22)23-10-17/h9-10,13,16,18H,4-8,11-12H2,1-3H3,(H2,22,23)(H,24,28)/t13-,16?,18+/m1/s1. The Morgan fingerprint density at radius 1 is 1.21 bits per heavy atom. The van der Waals surface area contributed by atoms with E-state index in [1.165, 1.54) is 6.20 Å². The minimum atomic E-state index is -0.658. The van der Waals surface area contributed by atoms with E-state index in [0.29, 0.717) is 30.5 Å². The smallest absolute Gasteiger partial charge is 0.313 e. The van der Waals surface area contributed by atoms with Crippen LogP contribution in [0.15, 0.2) is 12.3 Å². The Bertz CT molecular complexity index is 797. The van der Waals surface area contributed by atoms with Gasteiger partial charge in [-0.3, -0.25) is 14.4 Å². The molecule has 0 saturated carbocycles. The van der Waals surface area contributed by atoms with E-state index in [1.807, 2.05) is 4.90 Å². The van der Waals surface area contributed by atoms with E-state index >= 15 is 0 Å². The van der Waals surface area contributed by atoms with Crippen molar-refractivity contribution in [2.45, 2.75) is 52.5 Å². The van der Waals surface area contributed by atoms with Crippen LogP contribution in [-0.4, -0.2) is 58.2 Å². The van der Waals surface area contributed by atoms with Gasteiger partial charge in [-0.1, -0.05) is 6.92 Å². The molecule has 158 valence electrons. The van der Waals surface area contributed by atoms with Gasteiger partial charge < -0.3 is 20.9 Å². The average Bonchev–Trinajstić information content (AvgIpc) is 2.70. The molecule has 8 heteroatoms. The summed E-state index contributed by atoms with van der Waals surface area (Å²) in [6, 6.07) is 1.69. The van der Waals surface area contributed by atoms with Crippen LogP contribution >= 0.6 is 0 Å². The lowest BCUT2D eigenvalue weighted by Crippen LogP contribution is -2.56. The minimum absolute atomic E-state index is 0.0159. The summed E-state index contributed by atoms with van der Waals surface area (Å²) in [6.45, 7) is 7.47. The Labute approximate surface area is 171 Å². The summed E-state index contributed by atoms with van der Waals surface area (Å²) in [4.78, 5) is 45.2. The normalized spacial score (nSPS) is 24.9. The van der Waals surface area contributed by atoms with Gasteiger partial charge >= 0.3 is 11.8 Å². The van der Waals surface area contributed by atoms with Gasteiger partial charge in [0.15, 0.2) is 0 Å². The average molecular weight is 402 g/mol. The Morgan fingerprint density at radius 2 is 1.97 bits per heavy atom. The number of amides is 3. The van der Waals surface area contributed by atoms with Crippen LogP contribution in [0.3, 0.4) is 0 Å². The van der Waals surface area contributed by atoms with Crippen molar-refractivity contribution in [3.8, 4) is 0 Å². The maximum Gasteiger partial charge on any atom is 0.313 e. The molecule has 3 amide bonds. The number of anilines is 2. The van der Waals surface area contributed by atoms with Crippen molar-refractivity contribution in [3.63, 3.8) is 0 Å². The van der Waals surface area contributed by atoms with Gasteiger partial charge in [-0.2, -0.15) is 0 Å². The lowest BCUT2D eigenvalue weighted by atomic mass is 9.82. The molecule has 0 radical (unpaired) electrons. The predicted octanol–water partition coefficient (Wildman–Crippen LogP) is 1.80. The molecule has 0 spiro atoms. The highest BCUT2D eigenvalue weighted by Crippen LogP contribution is 2.32. The van der Waals surface area contributed by atoms with E-state index in [-0.39, 0.29) is 17.9 Å². The van der Waals surface area contributed by atoms with Crippen LogP contribution in [0.1, 0.15) is 45.1 Å². The molecule has 8 nitrogen and oxygen atoms in total. The zero-order chi connectivity index (χ0) is 21.1. The molecule has 29 heavy (non-hydrogen) atoms. The van der Waals surface area contributed by atoms with Crippen molar-refractivity contribution in [3.05, 3.63) is 17.8 Å². The predicted molar refractivity (Wildman–Crippen MR) is 111 cm³/mol. The number of nitrogens with one attached hydrogen (secondary N) is 1. The van der Waals surface area contributed by atoms with Gasteiger partial charge in [-0.15, -0.1) is 0 Å². The van der Waals surface area contributed by atoms with Gasteiger partial charge in [0, 0.05) is 32.6 Å². The first-order valence-corrected chi connectivity index (χ1v) is 10.4. The van der Waals surface area contributed by atoms with Crippen molar-refractivity contribution in [2.24, 2.45) is 11.8 Å². The maximum absolute atomic E-state index is 13.1. The molecule has 2 aliphatic heterocycles. The Kier molecular flexibility index (Phi) is 6.39. The number of hydrogen-bond acceptors (Lipinski definition) is 5. The largest absolute Gasteiger partial charge is 0.383 e. The Balaban J connectivity index is 1.73. The fourth-order valence-corrected chi connectivity index (χ4v) is 4.48. The molecule has 3 rings (SSSR count). The van der Waals surface area contributed by atoms with Crippen molar-refractivity contribution in [1.29, 1.82) is 0 Å². The highest BCUT2D eigenvalue weighted by molar-refractivity contribution is 6.39. The maximum atomic E-state index is 13.1. The number of aromatic nitrogens is 1. The third-order valence-electron chi connectivity index (χ3n) is 6.14. The van der Waals surface area contributed by atoms with Crippen molar-refractivity contribution >= 4 is 29.2 Å². The van der Waals surface area contributed by atoms with Gasteiger partial charge in [0.2, 0.25) is 5.91 Å². The third kappa shape index (κ3) is 4.86. The number of aryl methyl sites for hydroxylation is 1. The molecule has 1 aromatic rings. The van der Waals surface area contributed by atoms with E-state index < -0.39 is 11.8 Å². The molecule has 2 aliphatic rings. The van der Waals surface area contributed by atoms with Crippen LogP contribution in [-0.2, 0) is 14.4 Å². The highest BCUT2D eigenvalue weighted by atomic mass is 16.2. The Morgan fingerprint density at radius 3 is 2.66 bits per heavy atom. The highest BCUT2D eigenvalue weighted by Gasteiger charge is 2.39. The topological polar surface area (TPSA) is 109 Å². The number of nitrogen functional groups attached to an aromatic ring is 1. The van der Waals surface area contributed by atoms with Crippen molar-refractivity contribution in [1.82, 2.24) is 14.8 Å². The quantitative estimate of drug-likeness (QED) is 0.735. The van der Waals surface area contributed by atoms with Crippen molar-refractivity contribution < 1.29 is 14.4 Å². The summed E-state index contributed by atoms with van der Waals surface area (Å²) in [5, 5.41) is 2.66. The molecule has 3 atom stereocenters. The number of nitrogens with two attached hydrogens (primary N) is 1. The molecular formula is C21H31N5O3. The summed E-state index contributed by atoms with van der Waals surface area (Å²) in [7, 11) is 0. The lowest BCUT2D eigenvalue weighted by Gasteiger charge is -2.45. The third-order valence-corrected chi connectivity index (χ3v) is 6.14. The molecule has 1 aromatic heterocycles. The second-order valence-corrected chi connectivity index (χ2v) is 8.45. The van der Waals surface area contributed by atoms with Crippen LogP contribution < -0.4 is 11.1 Å². The van der Waals surface area contributed by atoms with Crippen LogP contribution in [0.2, 0.25) is 0 Å². The molecule has 2 fully saturated rings. The molecule has 0 bridgehead atoms.